The lowest BCUT2D eigenvalue weighted by Gasteiger charge is -2.10. The Labute approximate surface area is 168 Å². The van der Waals surface area contributed by atoms with Crippen LogP contribution in [0.2, 0.25) is 0 Å². The normalized spacial score (nSPS) is 11.7. The zero-order valence-electron chi connectivity index (χ0n) is 16.9. The largest absolute Gasteiger partial charge is 0.493 e. The van der Waals surface area contributed by atoms with Crippen molar-refractivity contribution < 1.29 is 19.1 Å². The van der Waals surface area contributed by atoms with Gasteiger partial charge in [0.25, 0.3) is 11.8 Å². The average molecular weight is 396 g/mol. The maximum atomic E-state index is 12.9. The molecule has 8 heteroatoms. The molecule has 0 aliphatic rings. The number of imidazole rings is 1. The Morgan fingerprint density at radius 3 is 2.55 bits per heavy atom. The van der Waals surface area contributed by atoms with Gasteiger partial charge in [-0.15, -0.1) is 0 Å². The van der Waals surface area contributed by atoms with E-state index in [1.165, 1.54) is 7.11 Å². The van der Waals surface area contributed by atoms with Gasteiger partial charge in [0.15, 0.2) is 17.2 Å². The van der Waals surface area contributed by atoms with E-state index in [4.69, 9.17) is 9.47 Å². The van der Waals surface area contributed by atoms with E-state index in [0.717, 1.165) is 6.42 Å². The second-order valence-electron chi connectivity index (χ2n) is 6.55. The molecule has 152 valence electrons. The number of aromatic nitrogens is 2. The quantitative estimate of drug-likeness (QED) is 0.640. The molecule has 2 heterocycles. The minimum atomic E-state index is -0.427. The van der Waals surface area contributed by atoms with Crippen molar-refractivity contribution in [1.82, 2.24) is 14.7 Å². The van der Waals surface area contributed by atoms with Crippen LogP contribution in [0.5, 0.6) is 11.5 Å². The van der Waals surface area contributed by atoms with Gasteiger partial charge in [0.1, 0.15) is 0 Å². The molecule has 3 rings (SSSR count). The van der Waals surface area contributed by atoms with Crippen LogP contribution in [0.4, 0.5) is 5.69 Å². The van der Waals surface area contributed by atoms with Gasteiger partial charge in [-0.2, -0.15) is 0 Å². The van der Waals surface area contributed by atoms with Crippen LogP contribution in [0.1, 0.15) is 41.4 Å². The third kappa shape index (κ3) is 4.16. The van der Waals surface area contributed by atoms with E-state index >= 15 is 0 Å². The molecule has 0 saturated heterocycles. The van der Waals surface area contributed by atoms with Gasteiger partial charge in [0, 0.05) is 24.0 Å². The van der Waals surface area contributed by atoms with E-state index in [9.17, 15) is 9.59 Å². The third-order valence-electron chi connectivity index (χ3n) is 4.60. The van der Waals surface area contributed by atoms with Gasteiger partial charge in [-0.05, 0) is 37.6 Å². The summed E-state index contributed by atoms with van der Waals surface area (Å²) in [4.78, 5) is 29.9. The van der Waals surface area contributed by atoms with Gasteiger partial charge in [-0.3, -0.25) is 14.0 Å². The van der Waals surface area contributed by atoms with E-state index in [2.05, 4.69) is 15.6 Å². The van der Waals surface area contributed by atoms with Crippen LogP contribution >= 0.6 is 0 Å². The van der Waals surface area contributed by atoms with Crippen molar-refractivity contribution in [3.8, 4) is 11.5 Å². The van der Waals surface area contributed by atoms with E-state index in [0.29, 0.717) is 22.7 Å². The van der Waals surface area contributed by atoms with Gasteiger partial charge in [-0.1, -0.05) is 13.0 Å². The minimum absolute atomic E-state index is 0.00241. The Hall–Kier alpha value is -3.55. The SMILES string of the molecule is CCC(C)NC(=O)c1nc(C(=O)Nc2ccc(OC)c(OC)c2)c2ccccn12. The van der Waals surface area contributed by atoms with Gasteiger partial charge in [-0.25, -0.2) is 4.98 Å². The van der Waals surface area contributed by atoms with Crippen molar-refractivity contribution in [3.63, 3.8) is 0 Å². The number of nitrogens with one attached hydrogen (secondary N) is 2. The number of methoxy groups -OCH3 is 2. The van der Waals surface area contributed by atoms with Crippen molar-refractivity contribution in [2.75, 3.05) is 19.5 Å². The number of fused-ring (bicyclic) bond motifs is 1. The molecule has 0 bridgehead atoms. The number of anilines is 1. The number of amides is 2. The highest BCUT2D eigenvalue weighted by atomic mass is 16.5. The van der Waals surface area contributed by atoms with Crippen LogP contribution in [-0.2, 0) is 0 Å². The standard InChI is InChI=1S/C21H24N4O4/c1-5-13(2)22-21(27)19-24-18(15-8-6-7-11-25(15)19)20(26)23-14-9-10-16(28-3)17(12-14)29-4/h6-13H,5H2,1-4H3,(H,22,27)(H,23,26). The monoisotopic (exact) mass is 396 g/mol. The zero-order valence-corrected chi connectivity index (χ0v) is 16.9. The molecular weight excluding hydrogens is 372 g/mol. The lowest BCUT2D eigenvalue weighted by molar-refractivity contribution is 0.0928. The molecule has 0 aliphatic carbocycles. The number of ether oxygens (including phenoxy) is 2. The smallest absolute Gasteiger partial charge is 0.287 e. The maximum absolute atomic E-state index is 12.9. The van der Waals surface area contributed by atoms with Crippen LogP contribution in [0, 0.1) is 0 Å². The summed E-state index contributed by atoms with van der Waals surface area (Å²) in [6.45, 7) is 3.90. The fourth-order valence-corrected chi connectivity index (χ4v) is 2.86. The topological polar surface area (TPSA) is 94.0 Å². The third-order valence-corrected chi connectivity index (χ3v) is 4.60. The number of carbonyl (C=O) groups excluding carboxylic acids is 2. The van der Waals surface area contributed by atoms with Gasteiger partial charge < -0.3 is 20.1 Å². The van der Waals surface area contributed by atoms with E-state index in [1.54, 1.807) is 54.1 Å². The van der Waals surface area contributed by atoms with Gasteiger partial charge in [0.2, 0.25) is 5.82 Å². The highest BCUT2D eigenvalue weighted by Crippen LogP contribution is 2.30. The lowest BCUT2D eigenvalue weighted by atomic mass is 10.2. The first-order valence-corrected chi connectivity index (χ1v) is 9.29. The summed E-state index contributed by atoms with van der Waals surface area (Å²) >= 11 is 0. The van der Waals surface area contributed by atoms with Crippen molar-refractivity contribution in [3.05, 3.63) is 54.1 Å². The summed E-state index contributed by atoms with van der Waals surface area (Å²) in [7, 11) is 3.06. The molecule has 0 radical (unpaired) electrons. The summed E-state index contributed by atoms with van der Waals surface area (Å²) in [5, 5.41) is 5.68. The van der Waals surface area contributed by atoms with Crippen LogP contribution in [0.15, 0.2) is 42.6 Å². The molecular formula is C21H24N4O4. The molecule has 8 nitrogen and oxygen atoms in total. The summed E-state index contributed by atoms with van der Waals surface area (Å²) < 4.78 is 12.1. The summed E-state index contributed by atoms with van der Waals surface area (Å²) in [5.41, 5.74) is 1.23. The second kappa shape index (κ2) is 8.64. The second-order valence-corrected chi connectivity index (χ2v) is 6.55. The van der Waals surface area contributed by atoms with Crippen molar-refractivity contribution in [1.29, 1.82) is 0 Å². The average Bonchev–Trinajstić information content (AvgIpc) is 3.13. The summed E-state index contributed by atoms with van der Waals surface area (Å²) in [6, 6.07) is 10.4. The maximum Gasteiger partial charge on any atom is 0.287 e. The highest BCUT2D eigenvalue weighted by molar-refractivity contribution is 6.09. The zero-order chi connectivity index (χ0) is 21.0. The Morgan fingerprint density at radius 1 is 1.10 bits per heavy atom. The van der Waals surface area contributed by atoms with Crippen molar-refractivity contribution in [2.45, 2.75) is 26.3 Å². The number of hydrogen-bond donors (Lipinski definition) is 2. The van der Waals surface area contributed by atoms with Crippen molar-refractivity contribution >= 4 is 23.0 Å². The predicted octanol–water partition coefficient (Wildman–Crippen LogP) is 3.13. The fraction of sp³-hybridized carbons (Fsp3) is 0.286. The van der Waals surface area contributed by atoms with Crippen LogP contribution in [0.3, 0.4) is 0 Å². The number of rotatable bonds is 7. The first kappa shape index (κ1) is 20.2. The van der Waals surface area contributed by atoms with Gasteiger partial charge in [0.05, 0.1) is 19.7 Å². The Kier molecular flexibility index (Phi) is 6.01. The molecule has 1 unspecified atom stereocenters. The predicted molar refractivity (Wildman–Crippen MR) is 110 cm³/mol. The number of carbonyl (C=O) groups is 2. The molecule has 0 spiro atoms. The molecule has 2 N–H and O–H groups in total. The number of hydrogen-bond acceptors (Lipinski definition) is 5. The Morgan fingerprint density at radius 2 is 1.86 bits per heavy atom. The lowest BCUT2D eigenvalue weighted by Crippen LogP contribution is -2.33. The highest BCUT2D eigenvalue weighted by Gasteiger charge is 2.22. The Balaban J connectivity index is 1.93. The molecule has 0 aliphatic heterocycles. The van der Waals surface area contributed by atoms with Gasteiger partial charge >= 0.3 is 0 Å². The molecule has 2 aromatic heterocycles. The molecule has 1 aromatic carbocycles. The van der Waals surface area contributed by atoms with Crippen LogP contribution < -0.4 is 20.1 Å². The Bertz CT molecular complexity index is 1040. The van der Waals surface area contributed by atoms with Crippen LogP contribution in [-0.4, -0.2) is 41.5 Å². The molecule has 1 atom stereocenters. The first-order valence-electron chi connectivity index (χ1n) is 9.29. The number of nitrogens with zero attached hydrogens (tertiary/aromatic N) is 2. The van der Waals surface area contributed by atoms with E-state index in [-0.39, 0.29) is 23.5 Å². The molecule has 29 heavy (non-hydrogen) atoms. The van der Waals surface area contributed by atoms with E-state index < -0.39 is 5.91 Å². The van der Waals surface area contributed by atoms with Crippen LogP contribution in [0.25, 0.3) is 5.52 Å². The first-order chi connectivity index (χ1) is 14.0. The fourth-order valence-electron chi connectivity index (χ4n) is 2.86. The van der Waals surface area contributed by atoms with Crippen molar-refractivity contribution in [2.24, 2.45) is 0 Å². The molecule has 3 aromatic rings. The molecule has 2 amide bonds. The number of pyridine rings is 1. The number of benzene rings is 1. The molecule has 0 fully saturated rings. The minimum Gasteiger partial charge on any atom is -0.493 e. The summed E-state index contributed by atoms with van der Waals surface area (Å²) in [6.07, 6.45) is 2.50. The summed E-state index contributed by atoms with van der Waals surface area (Å²) in [5.74, 6) is 0.461. The van der Waals surface area contributed by atoms with E-state index in [1.807, 2.05) is 13.8 Å². The molecule has 0 saturated carbocycles.